The first-order chi connectivity index (χ1) is 17.0. The fourth-order valence-corrected chi connectivity index (χ4v) is 10.5. The van der Waals surface area contributed by atoms with E-state index in [1.165, 1.54) is 0 Å². The van der Waals surface area contributed by atoms with E-state index in [9.17, 15) is 4.79 Å². The second-order valence-electron chi connectivity index (χ2n) is 11.1. The summed E-state index contributed by atoms with van der Waals surface area (Å²) in [6.07, 6.45) is 1.90. The lowest BCUT2D eigenvalue weighted by Crippen LogP contribution is -2.43. The Balaban J connectivity index is 1.85. The zero-order chi connectivity index (χ0) is 26.5. The van der Waals surface area contributed by atoms with Crippen LogP contribution in [0.15, 0.2) is 60.8 Å². The molecule has 0 unspecified atom stereocenters. The molecule has 1 N–H and O–H groups in total. The molecule has 1 heterocycles. The van der Waals surface area contributed by atoms with E-state index in [2.05, 4.69) is 80.8 Å². The van der Waals surface area contributed by atoms with Gasteiger partial charge in [0.2, 0.25) is 0 Å². The first-order valence-corrected chi connectivity index (χ1v) is 15.1. The van der Waals surface area contributed by atoms with E-state index < -0.39 is 13.6 Å². The van der Waals surface area contributed by atoms with Crippen LogP contribution in [0.2, 0.25) is 16.6 Å². The van der Waals surface area contributed by atoms with Crippen molar-refractivity contribution in [3.05, 3.63) is 83.2 Å². The zero-order valence-electron chi connectivity index (χ0n) is 23.0. The van der Waals surface area contributed by atoms with Gasteiger partial charge in [0.1, 0.15) is 13.8 Å². The van der Waals surface area contributed by atoms with E-state index in [-0.39, 0.29) is 5.91 Å². The van der Waals surface area contributed by atoms with E-state index in [1.807, 2.05) is 62.5 Å². The summed E-state index contributed by atoms with van der Waals surface area (Å²) in [4.78, 5) is 13.5. The number of rotatable bonds is 8. The first kappa shape index (κ1) is 27.4. The van der Waals surface area contributed by atoms with Gasteiger partial charge in [-0.3, -0.25) is 4.79 Å². The van der Waals surface area contributed by atoms with Gasteiger partial charge in [-0.25, -0.2) is 4.68 Å². The summed E-state index contributed by atoms with van der Waals surface area (Å²) in [5, 5.41) is 11.8. The van der Waals surface area contributed by atoms with Crippen LogP contribution in [0.3, 0.4) is 0 Å². The van der Waals surface area contributed by atoms with E-state index in [4.69, 9.17) is 0 Å². The molecule has 36 heavy (non-hydrogen) atoms. The highest BCUT2D eigenvalue weighted by molar-refractivity contribution is 6.90. The molecule has 0 saturated heterocycles. The highest BCUT2D eigenvalue weighted by atomic mass is 28.3. The van der Waals surface area contributed by atoms with Crippen molar-refractivity contribution in [1.82, 2.24) is 20.3 Å². The maximum atomic E-state index is 13.5. The Morgan fingerprint density at radius 3 is 2.14 bits per heavy atom. The summed E-state index contributed by atoms with van der Waals surface area (Å²) in [5.74, 6) is 3.30. The zero-order valence-corrected chi connectivity index (χ0v) is 24.0. The average Bonchev–Trinajstić information content (AvgIpc) is 3.29. The molecule has 0 bridgehead atoms. The van der Waals surface area contributed by atoms with Gasteiger partial charge < -0.3 is 5.32 Å². The van der Waals surface area contributed by atoms with Gasteiger partial charge in [0, 0.05) is 5.56 Å². The summed E-state index contributed by atoms with van der Waals surface area (Å²) in [6, 6.07) is 17.8. The SMILES string of the molecule is CC(C)[Si](C#Cc1ccccc1C(=O)NC(C)(C)c1cn(Cc2ccccc2)nn1)(C(C)C)C(C)C. The fourth-order valence-electron chi connectivity index (χ4n) is 5.25. The molecule has 1 aromatic heterocycles. The van der Waals surface area contributed by atoms with Gasteiger partial charge in [-0.2, -0.15) is 0 Å². The van der Waals surface area contributed by atoms with Crippen molar-refractivity contribution in [3.63, 3.8) is 0 Å². The van der Waals surface area contributed by atoms with Gasteiger partial charge in [0.05, 0.1) is 23.8 Å². The highest BCUT2D eigenvalue weighted by Crippen LogP contribution is 2.40. The lowest BCUT2D eigenvalue weighted by molar-refractivity contribution is 0.0910. The molecule has 1 amide bonds. The Morgan fingerprint density at radius 1 is 0.944 bits per heavy atom. The first-order valence-electron chi connectivity index (χ1n) is 12.9. The smallest absolute Gasteiger partial charge is 0.253 e. The number of amides is 1. The van der Waals surface area contributed by atoms with Crippen LogP contribution in [0.5, 0.6) is 0 Å². The number of carbonyl (C=O) groups is 1. The predicted octanol–water partition coefficient (Wildman–Crippen LogP) is 6.56. The van der Waals surface area contributed by atoms with Crippen molar-refractivity contribution in [2.24, 2.45) is 0 Å². The monoisotopic (exact) mass is 500 g/mol. The van der Waals surface area contributed by atoms with E-state index >= 15 is 0 Å². The minimum atomic E-state index is -1.91. The molecular formula is C30H40N4OSi. The van der Waals surface area contributed by atoms with Gasteiger partial charge in [0.25, 0.3) is 5.91 Å². The standard InChI is InChI=1S/C30H40N4OSi/c1-22(2)36(23(3)4,24(5)6)19-18-26-16-12-13-17-27(26)29(35)31-30(7,8)28-21-34(33-32-28)20-25-14-10-9-11-15-25/h9-17,21-24H,20H2,1-8H3,(H,31,35). The molecule has 3 rings (SSSR count). The van der Waals surface area contributed by atoms with E-state index in [0.29, 0.717) is 34.4 Å². The molecule has 0 saturated carbocycles. The maximum Gasteiger partial charge on any atom is 0.253 e. The van der Waals surface area contributed by atoms with Crippen LogP contribution in [-0.4, -0.2) is 29.0 Å². The second kappa shape index (κ2) is 11.3. The average molecular weight is 501 g/mol. The minimum Gasteiger partial charge on any atom is -0.341 e. The van der Waals surface area contributed by atoms with Gasteiger partial charge in [-0.15, -0.1) is 10.6 Å². The molecule has 6 heteroatoms. The van der Waals surface area contributed by atoms with Crippen molar-refractivity contribution >= 4 is 14.0 Å². The molecular weight excluding hydrogens is 460 g/mol. The molecule has 2 aromatic carbocycles. The van der Waals surface area contributed by atoms with Crippen molar-refractivity contribution in [3.8, 4) is 11.5 Å². The lowest BCUT2D eigenvalue weighted by Gasteiger charge is -2.38. The van der Waals surface area contributed by atoms with Gasteiger partial charge in [-0.1, -0.05) is 95.1 Å². The summed E-state index contributed by atoms with van der Waals surface area (Å²) >= 11 is 0. The topological polar surface area (TPSA) is 59.8 Å². The molecule has 0 aliphatic heterocycles. The maximum absolute atomic E-state index is 13.5. The number of carbonyl (C=O) groups excluding carboxylic acids is 1. The Bertz CT molecular complexity index is 1210. The van der Waals surface area contributed by atoms with Crippen molar-refractivity contribution in [2.45, 2.75) is 84.1 Å². The Morgan fingerprint density at radius 2 is 1.53 bits per heavy atom. The number of benzene rings is 2. The van der Waals surface area contributed by atoms with Gasteiger partial charge in [0.15, 0.2) is 0 Å². The third kappa shape index (κ3) is 5.96. The van der Waals surface area contributed by atoms with E-state index in [1.54, 1.807) is 4.68 Å². The van der Waals surface area contributed by atoms with Crippen LogP contribution in [0, 0.1) is 11.5 Å². The van der Waals surface area contributed by atoms with Crippen LogP contribution >= 0.6 is 0 Å². The molecule has 0 spiro atoms. The quantitative estimate of drug-likeness (QED) is 0.281. The number of hydrogen-bond donors (Lipinski definition) is 1. The molecule has 0 radical (unpaired) electrons. The number of hydrogen-bond acceptors (Lipinski definition) is 3. The largest absolute Gasteiger partial charge is 0.341 e. The highest BCUT2D eigenvalue weighted by Gasteiger charge is 2.41. The number of nitrogens with zero attached hydrogens (tertiary/aromatic N) is 3. The van der Waals surface area contributed by atoms with Crippen LogP contribution in [-0.2, 0) is 12.1 Å². The van der Waals surface area contributed by atoms with Crippen molar-refractivity contribution in [2.75, 3.05) is 0 Å². The normalized spacial score (nSPS) is 12.1. The molecule has 5 nitrogen and oxygen atoms in total. The molecule has 0 atom stereocenters. The van der Waals surface area contributed by atoms with Gasteiger partial charge >= 0.3 is 0 Å². The number of aromatic nitrogens is 3. The molecule has 0 fully saturated rings. The number of nitrogens with one attached hydrogen (secondary N) is 1. The lowest BCUT2D eigenvalue weighted by atomic mass is 9.99. The summed E-state index contributed by atoms with van der Waals surface area (Å²) in [5.41, 5.74) is 7.87. The second-order valence-corrected chi connectivity index (χ2v) is 16.6. The predicted molar refractivity (Wildman–Crippen MR) is 150 cm³/mol. The minimum absolute atomic E-state index is 0.159. The third-order valence-electron chi connectivity index (χ3n) is 7.24. The van der Waals surface area contributed by atoms with Crippen LogP contribution in [0.25, 0.3) is 0 Å². The fraction of sp³-hybridized carbons (Fsp3) is 0.433. The van der Waals surface area contributed by atoms with Crippen LogP contribution in [0.4, 0.5) is 0 Å². The molecule has 190 valence electrons. The third-order valence-corrected chi connectivity index (χ3v) is 13.5. The van der Waals surface area contributed by atoms with Crippen LogP contribution < -0.4 is 5.32 Å². The molecule has 0 aliphatic carbocycles. The molecule has 0 aliphatic rings. The van der Waals surface area contributed by atoms with Gasteiger partial charge in [-0.05, 0) is 48.2 Å². The molecule has 3 aromatic rings. The van der Waals surface area contributed by atoms with E-state index in [0.717, 1.165) is 11.1 Å². The Labute approximate surface area is 217 Å². The Hall–Kier alpha value is -3.17. The summed E-state index contributed by atoms with van der Waals surface area (Å²) < 4.78 is 1.80. The summed E-state index contributed by atoms with van der Waals surface area (Å²) in [6.45, 7) is 18.3. The Kier molecular flexibility index (Phi) is 8.57. The van der Waals surface area contributed by atoms with Crippen molar-refractivity contribution < 1.29 is 4.79 Å². The summed E-state index contributed by atoms with van der Waals surface area (Å²) in [7, 11) is -1.91. The van der Waals surface area contributed by atoms with Crippen LogP contribution in [0.1, 0.15) is 82.6 Å². The van der Waals surface area contributed by atoms with Crippen molar-refractivity contribution in [1.29, 1.82) is 0 Å².